The smallest absolute Gasteiger partial charge is 0.270 e. The SMILES string of the molecule is O=C(COc1ccc(Cl)cc1)c1cc([N+](=O)[O-])ccc1Br. The second kappa shape index (κ2) is 6.69. The van der Waals surface area contributed by atoms with E-state index in [2.05, 4.69) is 15.9 Å². The minimum Gasteiger partial charge on any atom is -0.485 e. The molecule has 0 amide bonds. The van der Waals surface area contributed by atoms with Crippen molar-refractivity contribution in [3.8, 4) is 5.75 Å². The van der Waals surface area contributed by atoms with Crippen molar-refractivity contribution in [2.24, 2.45) is 0 Å². The summed E-state index contributed by atoms with van der Waals surface area (Å²) in [5, 5.41) is 11.3. The number of carbonyl (C=O) groups is 1. The average Bonchev–Trinajstić information content (AvgIpc) is 2.46. The Kier molecular flexibility index (Phi) is 4.93. The van der Waals surface area contributed by atoms with Crippen LogP contribution >= 0.6 is 27.5 Å². The fourth-order valence-corrected chi connectivity index (χ4v) is 2.19. The van der Waals surface area contributed by atoms with Gasteiger partial charge in [0, 0.05) is 27.2 Å². The molecular formula is C14H9BrClNO4. The largest absolute Gasteiger partial charge is 0.485 e. The van der Waals surface area contributed by atoms with Crippen molar-refractivity contribution in [1.82, 2.24) is 0 Å². The van der Waals surface area contributed by atoms with Crippen LogP contribution in [0.5, 0.6) is 5.75 Å². The van der Waals surface area contributed by atoms with Crippen LogP contribution in [0, 0.1) is 10.1 Å². The minimum atomic E-state index is -0.552. The number of ketones is 1. The predicted octanol–water partition coefficient (Wildman–Crippen LogP) is 4.27. The van der Waals surface area contributed by atoms with Crippen molar-refractivity contribution in [1.29, 1.82) is 0 Å². The van der Waals surface area contributed by atoms with Crippen molar-refractivity contribution in [2.45, 2.75) is 0 Å². The molecule has 0 bridgehead atoms. The Balaban J connectivity index is 2.11. The zero-order chi connectivity index (χ0) is 15.4. The Bertz CT molecular complexity index is 688. The molecule has 0 saturated carbocycles. The summed E-state index contributed by atoms with van der Waals surface area (Å²) in [6, 6.07) is 10.6. The molecule has 108 valence electrons. The Morgan fingerprint density at radius 2 is 1.90 bits per heavy atom. The maximum absolute atomic E-state index is 12.1. The molecule has 5 nitrogen and oxygen atoms in total. The molecule has 2 aromatic carbocycles. The lowest BCUT2D eigenvalue weighted by atomic mass is 10.1. The van der Waals surface area contributed by atoms with Gasteiger partial charge in [-0.2, -0.15) is 0 Å². The fraction of sp³-hybridized carbons (Fsp3) is 0.0714. The summed E-state index contributed by atoms with van der Waals surface area (Å²) in [5.41, 5.74) is 0.0613. The zero-order valence-electron chi connectivity index (χ0n) is 10.6. The second-order valence-electron chi connectivity index (χ2n) is 4.09. The molecule has 0 unspecified atom stereocenters. The van der Waals surface area contributed by atoms with Crippen LogP contribution in [0.3, 0.4) is 0 Å². The summed E-state index contributed by atoms with van der Waals surface area (Å²) >= 11 is 8.95. The lowest BCUT2D eigenvalue weighted by Crippen LogP contribution is -2.12. The van der Waals surface area contributed by atoms with Crippen molar-refractivity contribution in [2.75, 3.05) is 6.61 Å². The van der Waals surface area contributed by atoms with E-state index >= 15 is 0 Å². The number of non-ortho nitro benzene ring substituents is 1. The van der Waals surface area contributed by atoms with Crippen LogP contribution in [0.2, 0.25) is 5.02 Å². The fourth-order valence-electron chi connectivity index (χ4n) is 1.60. The molecule has 0 aliphatic heterocycles. The highest BCUT2D eigenvalue weighted by atomic mass is 79.9. The molecule has 0 aromatic heterocycles. The number of Topliss-reactive ketones (excluding diaryl/α,β-unsaturated/α-hetero) is 1. The number of nitro groups is 1. The number of rotatable bonds is 5. The molecule has 2 aromatic rings. The van der Waals surface area contributed by atoms with Gasteiger partial charge in [-0.05, 0) is 30.3 Å². The molecule has 0 atom stereocenters. The number of nitro benzene ring substituents is 1. The van der Waals surface area contributed by atoms with Crippen LogP contribution in [-0.4, -0.2) is 17.3 Å². The Morgan fingerprint density at radius 1 is 1.24 bits per heavy atom. The number of carbonyl (C=O) groups excluding carboxylic acids is 1. The minimum absolute atomic E-state index is 0.145. The van der Waals surface area contributed by atoms with Gasteiger partial charge < -0.3 is 4.74 Å². The lowest BCUT2D eigenvalue weighted by molar-refractivity contribution is -0.384. The van der Waals surface area contributed by atoms with Gasteiger partial charge in [-0.25, -0.2) is 0 Å². The molecule has 0 aliphatic carbocycles. The molecular weight excluding hydrogens is 362 g/mol. The third-order valence-electron chi connectivity index (χ3n) is 2.64. The van der Waals surface area contributed by atoms with E-state index in [4.69, 9.17) is 16.3 Å². The normalized spacial score (nSPS) is 10.2. The number of nitrogens with zero attached hydrogens (tertiary/aromatic N) is 1. The molecule has 0 spiro atoms. The van der Waals surface area contributed by atoms with Gasteiger partial charge in [0.2, 0.25) is 5.78 Å². The average molecular weight is 371 g/mol. The summed E-state index contributed by atoms with van der Waals surface area (Å²) in [4.78, 5) is 22.3. The Labute approximate surface area is 133 Å². The van der Waals surface area contributed by atoms with E-state index in [-0.39, 0.29) is 23.6 Å². The van der Waals surface area contributed by atoms with E-state index in [1.807, 2.05) is 0 Å². The van der Waals surface area contributed by atoms with E-state index in [0.717, 1.165) is 0 Å². The molecule has 0 radical (unpaired) electrons. The monoisotopic (exact) mass is 369 g/mol. The van der Waals surface area contributed by atoms with E-state index in [9.17, 15) is 14.9 Å². The first-order valence-electron chi connectivity index (χ1n) is 5.83. The maximum atomic E-state index is 12.1. The van der Waals surface area contributed by atoms with Crippen molar-refractivity contribution in [3.05, 3.63) is 67.6 Å². The number of halogens is 2. The van der Waals surface area contributed by atoms with Crippen LogP contribution in [-0.2, 0) is 0 Å². The van der Waals surface area contributed by atoms with Crippen molar-refractivity contribution < 1.29 is 14.5 Å². The number of benzene rings is 2. The number of ether oxygens (including phenoxy) is 1. The topological polar surface area (TPSA) is 69.4 Å². The van der Waals surface area contributed by atoms with Crippen molar-refractivity contribution >= 4 is 39.0 Å². The summed E-state index contributed by atoms with van der Waals surface area (Å²) < 4.78 is 5.82. The van der Waals surface area contributed by atoms with E-state index < -0.39 is 4.92 Å². The highest BCUT2D eigenvalue weighted by Crippen LogP contribution is 2.23. The first kappa shape index (κ1) is 15.5. The third kappa shape index (κ3) is 4.03. The predicted molar refractivity (Wildman–Crippen MR) is 82.1 cm³/mol. The van der Waals surface area contributed by atoms with Crippen LogP contribution in [0.15, 0.2) is 46.9 Å². The van der Waals surface area contributed by atoms with E-state index in [1.165, 1.54) is 18.2 Å². The molecule has 2 rings (SSSR count). The van der Waals surface area contributed by atoms with Gasteiger partial charge in [0.15, 0.2) is 6.61 Å². The lowest BCUT2D eigenvalue weighted by Gasteiger charge is -2.07. The van der Waals surface area contributed by atoms with Gasteiger partial charge in [0.1, 0.15) is 5.75 Å². The van der Waals surface area contributed by atoms with Crippen LogP contribution < -0.4 is 4.74 Å². The van der Waals surface area contributed by atoms with Crippen LogP contribution in [0.4, 0.5) is 5.69 Å². The standard InChI is InChI=1S/C14H9BrClNO4/c15-13-6-3-10(17(19)20)7-12(13)14(18)8-21-11-4-1-9(16)2-5-11/h1-7H,8H2. The summed E-state index contributed by atoms with van der Waals surface area (Å²) in [6.45, 7) is -0.221. The molecule has 0 fully saturated rings. The van der Waals surface area contributed by atoms with Gasteiger partial charge in [-0.3, -0.25) is 14.9 Å². The first-order chi connectivity index (χ1) is 9.97. The summed E-state index contributed by atoms with van der Waals surface area (Å²) in [6.07, 6.45) is 0. The summed E-state index contributed by atoms with van der Waals surface area (Å²) in [5.74, 6) is 0.134. The zero-order valence-corrected chi connectivity index (χ0v) is 12.9. The second-order valence-corrected chi connectivity index (χ2v) is 5.38. The molecule has 7 heteroatoms. The Hall–Kier alpha value is -1.92. The molecule has 21 heavy (non-hydrogen) atoms. The number of hydrogen-bond acceptors (Lipinski definition) is 4. The highest BCUT2D eigenvalue weighted by molar-refractivity contribution is 9.10. The molecule has 0 aliphatic rings. The van der Waals surface area contributed by atoms with Crippen LogP contribution in [0.1, 0.15) is 10.4 Å². The van der Waals surface area contributed by atoms with E-state index in [0.29, 0.717) is 15.2 Å². The van der Waals surface area contributed by atoms with Gasteiger partial charge in [0.05, 0.1) is 4.92 Å². The maximum Gasteiger partial charge on any atom is 0.270 e. The molecule has 0 heterocycles. The third-order valence-corrected chi connectivity index (χ3v) is 3.59. The molecule has 0 N–H and O–H groups in total. The van der Waals surface area contributed by atoms with Gasteiger partial charge in [-0.15, -0.1) is 0 Å². The van der Waals surface area contributed by atoms with Crippen molar-refractivity contribution in [3.63, 3.8) is 0 Å². The van der Waals surface area contributed by atoms with E-state index in [1.54, 1.807) is 24.3 Å². The highest BCUT2D eigenvalue weighted by Gasteiger charge is 2.16. The summed E-state index contributed by atoms with van der Waals surface area (Å²) in [7, 11) is 0. The van der Waals surface area contributed by atoms with Crippen LogP contribution in [0.25, 0.3) is 0 Å². The Morgan fingerprint density at radius 3 is 2.52 bits per heavy atom. The molecule has 0 saturated heterocycles. The van der Waals surface area contributed by atoms with Gasteiger partial charge >= 0.3 is 0 Å². The quantitative estimate of drug-likeness (QED) is 0.448. The van der Waals surface area contributed by atoms with Gasteiger partial charge in [-0.1, -0.05) is 27.5 Å². The first-order valence-corrected chi connectivity index (χ1v) is 7.00. The van der Waals surface area contributed by atoms with Gasteiger partial charge in [0.25, 0.3) is 5.69 Å². The number of hydrogen-bond donors (Lipinski definition) is 0.